The Hall–Kier alpha value is -2.51. The van der Waals surface area contributed by atoms with Crippen LogP contribution in [-0.4, -0.2) is 40.1 Å². The summed E-state index contributed by atoms with van der Waals surface area (Å²) in [5.74, 6) is 1.14. The van der Waals surface area contributed by atoms with Gasteiger partial charge in [-0.3, -0.25) is 9.36 Å². The summed E-state index contributed by atoms with van der Waals surface area (Å²) in [6.07, 6.45) is 6.03. The zero-order valence-corrected chi connectivity index (χ0v) is 19.0. The van der Waals surface area contributed by atoms with Gasteiger partial charge < -0.3 is 10.1 Å². The summed E-state index contributed by atoms with van der Waals surface area (Å²) in [7, 11) is 1.70. The number of ether oxygens (including phenoxy) is 1. The number of nitrogens with zero attached hydrogens (tertiary/aromatic N) is 3. The standard InChI is InChI=1S/C23H25ClN4O2S/c1-30-20-10-3-2-9-19(20)23(11-4-5-12-23)15-25-21(29)14-31-22-27-26-16-28(22)18-8-6-7-17(24)13-18/h2-3,6-10,13,16H,4-5,11-12,14-15H2,1H3,(H,25,29). The zero-order chi connectivity index (χ0) is 21.7. The van der Waals surface area contributed by atoms with Gasteiger partial charge in [0.05, 0.1) is 18.6 Å². The molecule has 0 saturated heterocycles. The first-order valence-corrected chi connectivity index (χ1v) is 11.7. The number of aromatic nitrogens is 3. The molecule has 0 radical (unpaired) electrons. The highest BCUT2D eigenvalue weighted by atomic mass is 35.5. The molecule has 1 N–H and O–H groups in total. The second-order valence-electron chi connectivity index (χ2n) is 7.72. The van der Waals surface area contributed by atoms with Gasteiger partial charge in [-0.1, -0.05) is 60.5 Å². The van der Waals surface area contributed by atoms with E-state index in [-0.39, 0.29) is 17.1 Å². The Balaban J connectivity index is 1.40. The highest BCUT2D eigenvalue weighted by molar-refractivity contribution is 7.99. The lowest BCUT2D eigenvalue weighted by Gasteiger charge is -2.31. The number of nitrogens with one attached hydrogen (secondary N) is 1. The van der Waals surface area contributed by atoms with Crippen LogP contribution in [0.2, 0.25) is 5.02 Å². The van der Waals surface area contributed by atoms with Crippen molar-refractivity contribution in [2.24, 2.45) is 0 Å². The van der Waals surface area contributed by atoms with Crippen LogP contribution in [0.5, 0.6) is 5.75 Å². The topological polar surface area (TPSA) is 69.0 Å². The maximum atomic E-state index is 12.7. The second-order valence-corrected chi connectivity index (χ2v) is 9.10. The van der Waals surface area contributed by atoms with Crippen molar-refractivity contribution >= 4 is 29.3 Å². The SMILES string of the molecule is COc1ccccc1C1(CNC(=O)CSc2nncn2-c2cccc(Cl)c2)CCCC1. The number of hydrogen-bond donors (Lipinski definition) is 1. The molecule has 1 aliphatic rings. The smallest absolute Gasteiger partial charge is 0.230 e. The van der Waals surface area contributed by atoms with E-state index >= 15 is 0 Å². The molecule has 0 spiro atoms. The monoisotopic (exact) mass is 456 g/mol. The molecule has 0 atom stereocenters. The molecule has 3 aromatic rings. The highest BCUT2D eigenvalue weighted by Gasteiger charge is 2.38. The quantitative estimate of drug-likeness (QED) is 0.499. The maximum Gasteiger partial charge on any atom is 0.230 e. The molecular weight excluding hydrogens is 432 g/mol. The number of thioether (sulfide) groups is 1. The molecule has 1 saturated carbocycles. The third-order valence-corrected chi connectivity index (χ3v) is 6.98. The second kappa shape index (κ2) is 9.75. The first-order chi connectivity index (χ1) is 15.1. The van der Waals surface area contributed by atoms with Gasteiger partial charge in [0, 0.05) is 22.5 Å². The van der Waals surface area contributed by atoms with Gasteiger partial charge in [-0.15, -0.1) is 10.2 Å². The van der Waals surface area contributed by atoms with E-state index in [1.54, 1.807) is 13.4 Å². The molecule has 8 heteroatoms. The van der Waals surface area contributed by atoms with Crippen LogP contribution in [0.25, 0.3) is 5.69 Å². The van der Waals surface area contributed by atoms with Gasteiger partial charge in [-0.2, -0.15) is 0 Å². The minimum Gasteiger partial charge on any atom is -0.496 e. The third-order valence-electron chi connectivity index (χ3n) is 5.80. The molecule has 31 heavy (non-hydrogen) atoms. The number of rotatable bonds is 8. The van der Waals surface area contributed by atoms with E-state index in [4.69, 9.17) is 16.3 Å². The van der Waals surface area contributed by atoms with Crippen molar-refractivity contribution in [3.05, 3.63) is 65.4 Å². The predicted octanol–water partition coefficient (Wildman–Crippen LogP) is 4.65. The number of benzene rings is 2. The number of para-hydroxylation sites is 1. The lowest BCUT2D eigenvalue weighted by atomic mass is 9.78. The summed E-state index contributed by atoms with van der Waals surface area (Å²) in [4.78, 5) is 12.7. The van der Waals surface area contributed by atoms with Crippen LogP contribution in [0.15, 0.2) is 60.0 Å². The highest BCUT2D eigenvalue weighted by Crippen LogP contribution is 2.44. The zero-order valence-electron chi connectivity index (χ0n) is 17.4. The lowest BCUT2D eigenvalue weighted by molar-refractivity contribution is -0.118. The van der Waals surface area contributed by atoms with Crippen LogP contribution in [-0.2, 0) is 10.2 Å². The Labute approximate surface area is 191 Å². The van der Waals surface area contributed by atoms with Crippen LogP contribution >= 0.6 is 23.4 Å². The van der Waals surface area contributed by atoms with Gasteiger partial charge in [0.25, 0.3) is 0 Å². The van der Waals surface area contributed by atoms with Crippen LogP contribution in [0.3, 0.4) is 0 Å². The molecule has 0 aliphatic heterocycles. The van der Waals surface area contributed by atoms with Crippen molar-refractivity contribution in [3.63, 3.8) is 0 Å². The Bertz CT molecular complexity index is 1050. The van der Waals surface area contributed by atoms with E-state index < -0.39 is 0 Å². The summed E-state index contributed by atoms with van der Waals surface area (Å²) < 4.78 is 7.44. The molecular formula is C23H25ClN4O2S. The minimum absolute atomic E-state index is 0.0215. The van der Waals surface area contributed by atoms with Gasteiger partial charge >= 0.3 is 0 Å². The van der Waals surface area contributed by atoms with Crippen molar-refractivity contribution in [1.82, 2.24) is 20.1 Å². The fraction of sp³-hybridized carbons (Fsp3) is 0.348. The fourth-order valence-electron chi connectivity index (χ4n) is 4.25. The molecule has 1 fully saturated rings. The number of methoxy groups -OCH3 is 1. The van der Waals surface area contributed by atoms with Gasteiger partial charge in [0.1, 0.15) is 12.1 Å². The van der Waals surface area contributed by atoms with Crippen molar-refractivity contribution in [2.45, 2.75) is 36.3 Å². The lowest BCUT2D eigenvalue weighted by Crippen LogP contribution is -2.40. The number of carbonyl (C=O) groups is 1. The summed E-state index contributed by atoms with van der Waals surface area (Å²) >= 11 is 7.45. The average molecular weight is 457 g/mol. The largest absolute Gasteiger partial charge is 0.496 e. The van der Waals surface area contributed by atoms with Crippen molar-refractivity contribution in [2.75, 3.05) is 19.4 Å². The first kappa shape index (κ1) is 21.7. The summed E-state index contributed by atoms with van der Waals surface area (Å²) in [5, 5.41) is 12.6. The Morgan fingerprint density at radius 3 is 2.81 bits per heavy atom. The molecule has 0 bridgehead atoms. The van der Waals surface area contributed by atoms with E-state index in [0.717, 1.165) is 37.1 Å². The molecule has 0 unspecified atom stereocenters. The molecule has 1 aromatic heterocycles. The Morgan fingerprint density at radius 1 is 1.23 bits per heavy atom. The minimum atomic E-state index is -0.0757. The summed E-state index contributed by atoms with van der Waals surface area (Å²) in [6, 6.07) is 15.6. The normalized spacial score (nSPS) is 15.0. The Morgan fingerprint density at radius 2 is 2.03 bits per heavy atom. The van der Waals surface area contributed by atoms with E-state index in [1.165, 1.54) is 17.3 Å². The van der Waals surface area contributed by atoms with Crippen molar-refractivity contribution in [3.8, 4) is 11.4 Å². The van der Waals surface area contributed by atoms with E-state index in [0.29, 0.717) is 16.7 Å². The number of hydrogen-bond acceptors (Lipinski definition) is 5. The summed E-state index contributed by atoms with van der Waals surface area (Å²) in [5.41, 5.74) is 1.97. The predicted molar refractivity (Wildman–Crippen MR) is 123 cm³/mol. The van der Waals surface area contributed by atoms with Crippen LogP contribution in [0.4, 0.5) is 0 Å². The fourth-order valence-corrected chi connectivity index (χ4v) is 5.19. The van der Waals surface area contributed by atoms with Crippen molar-refractivity contribution < 1.29 is 9.53 Å². The van der Waals surface area contributed by atoms with E-state index in [9.17, 15) is 4.79 Å². The van der Waals surface area contributed by atoms with Gasteiger partial charge in [0.15, 0.2) is 5.16 Å². The molecule has 162 valence electrons. The molecule has 4 rings (SSSR count). The average Bonchev–Trinajstić information content (AvgIpc) is 3.46. The molecule has 1 aliphatic carbocycles. The Kier molecular flexibility index (Phi) is 6.83. The number of amides is 1. The third kappa shape index (κ3) is 4.88. The number of carbonyl (C=O) groups excluding carboxylic acids is 1. The summed E-state index contributed by atoms with van der Waals surface area (Å²) in [6.45, 7) is 0.605. The van der Waals surface area contributed by atoms with Gasteiger partial charge in [0.2, 0.25) is 5.91 Å². The van der Waals surface area contributed by atoms with Crippen LogP contribution in [0, 0.1) is 0 Å². The van der Waals surface area contributed by atoms with Crippen LogP contribution in [0.1, 0.15) is 31.2 Å². The maximum absolute atomic E-state index is 12.7. The van der Waals surface area contributed by atoms with Crippen LogP contribution < -0.4 is 10.1 Å². The molecule has 1 amide bonds. The van der Waals surface area contributed by atoms with E-state index in [1.807, 2.05) is 47.0 Å². The van der Waals surface area contributed by atoms with Gasteiger partial charge in [-0.05, 0) is 37.1 Å². The number of halogens is 1. The molecule has 2 aromatic carbocycles. The first-order valence-electron chi connectivity index (χ1n) is 10.3. The van der Waals surface area contributed by atoms with Gasteiger partial charge in [-0.25, -0.2) is 0 Å². The molecule has 6 nitrogen and oxygen atoms in total. The van der Waals surface area contributed by atoms with E-state index in [2.05, 4.69) is 21.6 Å². The molecule has 1 heterocycles. The van der Waals surface area contributed by atoms with Crippen molar-refractivity contribution in [1.29, 1.82) is 0 Å².